The maximum Gasteiger partial charge on any atom is 0.0113 e. The van der Waals surface area contributed by atoms with Gasteiger partial charge in [0.05, 0.1) is 0 Å². The van der Waals surface area contributed by atoms with Crippen molar-refractivity contribution in [3.63, 3.8) is 0 Å². The number of rotatable bonds is 4. The highest BCUT2D eigenvalue weighted by atomic mass is 15.3. The van der Waals surface area contributed by atoms with Crippen LogP contribution in [0.5, 0.6) is 0 Å². The number of allylic oxidation sites excluding steroid dienone is 2. The highest BCUT2D eigenvalue weighted by Crippen LogP contribution is 2.43. The lowest BCUT2D eigenvalue weighted by Gasteiger charge is -2.39. The van der Waals surface area contributed by atoms with Crippen LogP contribution in [-0.2, 0) is 0 Å². The van der Waals surface area contributed by atoms with Gasteiger partial charge in [-0.05, 0) is 43.9 Å². The molecule has 0 N–H and O–H groups in total. The smallest absolute Gasteiger partial charge is 0.0113 e. The van der Waals surface area contributed by atoms with Gasteiger partial charge in [-0.2, -0.15) is 0 Å². The van der Waals surface area contributed by atoms with Crippen LogP contribution in [0.25, 0.3) is 0 Å². The molecule has 1 saturated carbocycles. The van der Waals surface area contributed by atoms with Gasteiger partial charge in [-0.15, -0.1) is 0 Å². The molecule has 102 valence electrons. The monoisotopic (exact) mass is 248 g/mol. The molecule has 3 rings (SSSR count). The Morgan fingerprint density at radius 1 is 1.11 bits per heavy atom. The van der Waals surface area contributed by atoms with E-state index in [0.717, 1.165) is 23.8 Å². The summed E-state index contributed by atoms with van der Waals surface area (Å²) in [4.78, 5) is 5.38. The Morgan fingerprint density at radius 3 is 2.44 bits per heavy atom. The van der Waals surface area contributed by atoms with Crippen LogP contribution in [0.15, 0.2) is 12.2 Å². The molecule has 1 aliphatic heterocycles. The summed E-state index contributed by atoms with van der Waals surface area (Å²) in [6.45, 7) is 11.2. The van der Waals surface area contributed by atoms with E-state index in [4.69, 9.17) is 0 Å². The van der Waals surface area contributed by atoms with E-state index in [0.29, 0.717) is 0 Å². The molecular weight excluding hydrogens is 220 g/mol. The summed E-state index contributed by atoms with van der Waals surface area (Å²) >= 11 is 0. The van der Waals surface area contributed by atoms with Gasteiger partial charge in [-0.1, -0.05) is 19.1 Å². The van der Waals surface area contributed by atoms with Crippen LogP contribution >= 0.6 is 0 Å². The molecule has 0 radical (unpaired) electrons. The molecule has 18 heavy (non-hydrogen) atoms. The van der Waals surface area contributed by atoms with E-state index < -0.39 is 0 Å². The Bertz CT molecular complexity index is 304. The summed E-state index contributed by atoms with van der Waals surface area (Å²) in [6.07, 6.45) is 9.16. The molecule has 0 aromatic rings. The maximum atomic E-state index is 2.72. The average Bonchev–Trinajstić information content (AvgIpc) is 3.01. The normalized spacial score (nSPS) is 38.4. The van der Waals surface area contributed by atoms with Crippen molar-refractivity contribution < 1.29 is 0 Å². The molecular formula is C16H28N2. The van der Waals surface area contributed by atoms with Crippen molar-refractivity contribution in [1.29, 1.82) is 0 Å². The predicted molar refractivity (Wildman–Crippen MR) is 76.6 cm³/mol. The van der Waals surface area contributed by atoms with Gasteiger partial charge in [0, 0.05) is 38.8 Å². The lowest BCUT2D eigenvalue weighted by atomic mass is 9.93. The third-order valence-corrected chi connectivity index (χ3v) is 5.53. The van der Waals surface area contributed by atoms with Gasteiger partial charge in [0.15, 0.2) is 0 Å². The molecule has 3 aliphatic rings. The molecule has 0 amide bonds. The first-order valence-electron chi connectivity index (χ1n) is 7.91. The predicted octanol–water partition coefficient (Wildman–Crippen LogP) is 2.61. The van der Waals surface area contributed by atoms with Gasteiger partial charge in [0.25, 0.3) is 0 Å². The number of nitrogens with zero attached hydrogens (tertiary/aromatic N) is 2. The van der Waals surface area contributed by atoms with Crippen LogP contribution in [0.4, 0.5) is 0 Å². The second kappa shape index (κ2) is 5.34. The van der Waals surface area contributed by atoms with Crippen molar-refractivity contribution in [3.8, 4) is 0 Å². The minimum Gasteiger partial charge on any atom is -0.300 e. The van der Waals surface area contributed by atoms with E-state index in [9.17, 15) is 0 Å². The van der Waals surface area contributed by atoms with Gasteiger partial charge in [0.2, 0.25) is 0 Å². The third-order valence-electron chi connectivity index (χ3n) is 5.53. The Morgan fingerprint density at radius 2 is 1.89 bits per heavy atom. The standard InChI is InChI=1S/C16H28N2/c1-3-13(2)18-8-6-17(7-9-18)12-16-11-14-4-5-15(16)10-14/h4-5,13-16H,3,6-12H2,1-2H3/t13-,14+,15+,16+/m1/s1. The Kier molecular flexibility index (Phi) is 3.76. The molecule has 0 aromatic heterocycles. The van der Waals surface area contributed by atoms with E-state index in [1.165, 1.54) is 52.0 Å². The molecule has 2 heteroatoms. The lowest BCUT2D eigenvalue weighted by Crippen LogP contribution is -2.50. The fraction of sp³-hybridized carbons (Fsp3) is 0.875. The van der Waals surface area contributed by atoms with Gasteiger partial charge < -0.3 is 4.90 Å². The topological polar surface area (TPSA) is 6.48 Å². The Balaban J connectivity index is 1.45. The van der Waals surface area contributed by atoms with Crippen LogP contribution in [0, 0.1) is 17.8 Å². The zero-order valence-corrected chi connectivity index (χ0v) is 12.0. The van der Waals surface area contributed by atoms with Crippen molar-refractivity contribution in [2.45, 2.75) is 39.2 Å². The third kappa shape index (κ3) is 2.50. The van der Waals surface area contributed by atoms with Crippen molar-refractivity contribution in [2.24, 2.45) is 17.8 Å². The first kappa shape index (κ1) is 12.7. The fourth-order valence-electron chi connectivity index (χ4n) is 4.08. The van der Waals surface area contributed by atoms with Crippen molar-refractivity contribution in [1.82, 2.24) is 9.80 Å². The van der Waals surface area contributed by atoms with E-state index in [1.807, 2.05) is 0 Å². The van der Waals surface area contributed by atoms with E-state index in [2.05, 4.69) is 35.8 Å². The molecule has 2 fully saturated rings. The van der Waals surface area contributed by atoms with E-state index in [-0.39, 0.29) is 0 Å². The molecule has 0 unspecified atom stereocenters. The summed E-state index contributed by atoms with van der Waals surface area (Å²) in [5, 5.41) is 0. The largest absolute Gasteiger partial charge is 0.300 e. The van der Waals surface area contributed by atoms with Crippen LogP contribution < -0.4 is 0 Å². The van der Waals surface area contributed by atoms with Gasteiger partial charge in [0.1, 0.15) is 0 Å². The van der Waals surface area contributed by atoms with Crippen LogP contribution in [0.1, 0.15) is 33.1 Å². The van der Waals surface area contributed by atoms with Crippen molar-refractivity contribution >= 4 is 0 Å². The van der Waals surface area contributed by atoms with Gasteiger partial charge in [-0.25, -0.2) is 0 Å². The number of hydrogen-bond donors (Lipinski definition) is 0. The minimum atomic E-state index is 0.776. The zero-order chi connectivity index (χ0) is 12.5. The van der Waals surface area contributed by atoms with Gasteiger partial charge >= 0.3 is 0 Å². The SMILES string of the molecule is CC[C@@H](C)N1CCN(C[C@@H]2C[C@H]3C=C[C@H]2C3)CC1. The minimum absolute atomic E-state index is 0.776. The highest BCUT2D eigenvalue weighted by molar-refractivity contribution is 5.10. The molecule has 1 heterocycles. The summed E-state index contributed by atoms with van der Waals surface area (Å²) in [5.41, 5.74) is 0. The summed E-state index contributed by atoms with van der Waals surface area (Å²) in [6, 6.07) is 0.776. The second-order valence-electron chi connectivity index (χ2n) is 6.63. The summed E-state index contributed by atoms with van der Waals surface area (Å²) < 4.78 is 0. The summed E-state index contributed by atoms with van der Waals surface area (Å²) in [7, 11) is 0. The molecule has 2 nitrogen and oxygen atoms in total. The van der Waals surface area contributed by atoms with Crippen LogP contribution in [0.3, 0.4) is 0 Å². The van der Waals surface area contributed by atoms with E-state index in [1.54, 1.807) is 0 Å². The number of piperazine rings is 1. The van der Waals surface area contributed by atoms with Gasteiger partial charge in [-0.3, -0.25) is 4.90 Å². The quantitative estimate of drug-likeness (QED) is 0.706. The maximum absolute atomic E-state index is 2.72. The molecule has 0 aromatic carbocycles. The molecule has 4 atom stereocenters. The zero-order valence-electron chi connectivity index (χ0n) is 12.0. The number of fused-ring (bicyclic) bond motifs is 2. The number of hydrogen-bond acceptors (Lipinski definition) is 2. The van der Waals surface area contributed by atoms with Crippen molar-refractivity contribution in [2.75, 3.05) is 32.7 Å². The first-order chi connectivity index (χ1) is 8.76. The first-order valence-corrected chi connectivity index (χ1v) is 7.91. The van der Waals surface area contributed by atoms with Crippen LogP contribution in [-0.4, -0.2) is 48.6 Å². The molecule has 1 saturated heterocycles. The Labute approximate surface area is 112 Å². The van der Waals surface area contributed by atoms with Crippen LogP contribution in [0.2, 0.25) is 0 Å². The summed E-state index contributed by atoms with van der Waals surface area (Å²) in [5.74, 6) is 2.82. The lowest BCUT2D eigenvalue weighted by molar-refractivity contribution is 0.0868. The molecule has 0 spiro atoms. The second-order valence-corrected chi connectivity index (χ2v) is 6.63. The highest BCUT2D eigenvalue weighted by Gasteiger charge is 2.36. The van der Waals surface area contributed by atoms with Crippen molar-refractivity contribution in [3.05, 3.63) is 12.2 Å². The molecule has 2 bridgehead atoms. The molecule has 2 aliphatic carbocycles. The average molecular weight is 248 g/mol. The van der Waals surface area contributed by atoms with E-state index >= 15 is 0 Å². The Hall–Kier alpha value is -0.340. The fourth-order valence-corrected chi connectivity index (χ4v) is 4.08.